The predicted molar refractivity (Wildman–Crippen MR) is 103 cm³/mol. The molecule has 1 aliphatic rings. The molecular formula is C21H22FN5O. The van der Waals surface area contributed by atoms with E-state index < -0.39 is 5.82 Å². The standard InChI is InChI=1S/C21H22FN5O/c1-14-11-18(20-23-8-10-26(20)2)25-19(24-14)16-6-4-9-27(13-16)21(28)15-5-3-7-17(22)12-15/h3,5,7-8,10-12,16H,4,6,9,13H2,1-2H3/t16-/m1/s1. The Bertz CT molecular complexity index is 1020. The van der Waals surface area contributed by atoms with E-state index in [9.17, 15) is 9.18 Å². The second-order valence-corrected chi connectivity index (χ2v) is 7.22. The number of carbonyl (C=O) groups excluding carboxylic acids is 1. The average Bonchev–Trinajstić information content (AvgIpc) is 3.13. The number of hydrogen-bond donors (Lipinski definition) is 0. The van der Waals surface area contributed by atoms with E-state index in [1.165, 1.54) is 12.1 Å². The molecule has 3 heterocycles. The highest BCUT2D eigenvalue weighted by Crippen LogP contribution is 2.27. The van der Waals surface area contributed by atoms with Gasteiger partial charge in [0.2, 0.25) is 0 Å². The zero-order valence-corrected chi connectivity index (χ0v) is 16.0. The molecule has 0 unspecified atom stereocenters. The van der Waals surface area contributed by atoms with Gasteiger partial charge >= 0.3 is 0 Å². The van der Waals surface area contributed by atoms with Gasteiger partial charge in [0.05, 0.1) is 0 Å². The first-order valence-electron chi connectivity index (χ1n) is 9.39. The van der Waals surface area contributed by atoms with Gasteiger partial charge in [0.25, 0.3) is 5.91 Å². The summed E-state index contributed by atoms with van der Waals surface area (Å²) in [5.74, 6) is 1.01. The van der Waals surface area contributed by atoms with Crippen molar-refractivity contribution in [1.29, 1.82) is 0 Å². The van der Waals surface area contributed by atoms with Crippen molar-refractivity contribution in [3.8, 4) is 11.5 Å². The number of carbonyl (C=O) groups is 1. The maximum absolute atomic E-state index is 13.5. The van der Waals surface area contributed by atoms with Gasteiger partial charge in [-0.25, -0.2) is 19.3 Å². The Labute approximate surface area is 163 Å². The molecule has 1 fully saturated rings. The first-order chi connectivity index (χ1) is 13.5. The van der Waals surface area contributed by atoms with Crippen molar-refractivity contribution in [1.82, 2.24) is 24.4 Å². The maximum atomic E-state index is 13.5. The SMILES string of the molecule is Cc1cc(-c2nccn2C)nc([C@@H]2CCCN(C(=O)c3cccc(F)c3)C2)n1. The number of imidazole rings is 1. The number of piperidine rings is 1. The van der Waals surface area contributed by atoms with E-state index >= 15 is 0 Å². The van der Waals surface area contributed by atoms with E-state index in [0.717, 1.165) is 35.9 Å². The Morgan fingerprint density at radius 3 is 2.86 bits per heavy atom. The molecular weight excluding hydrogens is 357 g/mol. The third-order valence-corrected chi connectivity index (χ3v) is 5.07. The number of likely N-dealkylation sites (tertiary alicyclic amines) is 1. The third kappa shape index (κ3) is 3.65. The molecule has 0 spiro atoms. The summed E-state index contributed by atoms with van der Waals surface area (Å²) < 4.78 is 15.4. The average molecular weight is 379 g/mol. The summed E-state index contributed by atoms with van der Waals surface area (Å²) >= 11 is 0. The minimum Gasteiger partial charge on any atom is -0.338 e. The van der Waals surface area contributed by atoms with E-state index in [4.69, 9.17) is 4.98 Å². The molecule has 2 aromatic heterocycles. The molecule has 1 amide bonds. The van der Waals surface area contributed by atoms with Crippen LogP contribution in [0.25, 0.3) is 11.5 Å². The van der Waals surface area contributed by atoms with Crippen molar-refractivity contribution in [2.45, 2.75) is 25.7 Å². The summed E-state index contributed by atoms with van der Waals surface area (Å²) in [6.07, 6.45) is 5.40. The zero-order valence-electron chi connectivity index (χ0n) is 16.0. The molecule has 0 saturated carbocycles. The highest BCUT2D eigenvalue weighted by Gasteiger charge is 2.28. The van der Waals surface area contributed by atoms with Gasteiger partial charge in [-0.1, -0.05) is 6.07 Å². The monoisotopic (exact) mass is 379 g/mol. The lowest BCUT2D eigenvalue weighted by Crippen LogP contribution is -2.39. The van der Waals surface area contributed by atoms with Crippen LogP contribution in [0.5, 0.6) is 0 Å². The normalized spacial score (nSPS) is 17.0. The number of amides is 1. The summed E-state index contributed by atoms with van der Waals surface area (Å²) in [6, 6.07) is 7.76. The van der Waals surface area contributed by atoms with Crippen LogP contribution in [-0.2, 0) is 7.05 Å². The van der Waals surface area contributed by atoms with Gasteiger partial charge < -0.3 is 9.47 Å². The summed E-state index contributed by atoms with van der Waals surface area (Å²) in [7, 11) is 1.93. The van der Waals surface area contributed by atoms with Crippen molar-refractivity contribution >= 4 is 5.91 Å². The topological polar surface area (TPSA) is 63.9 Å². The number of aromatic nitrogens is 4. The lowest BCUT2D eigenvalue weighted by Gasteiger charge is -2.32. The van der Waals surface area contributed by atoms with Crippen LogP contribution in [0.15, 0.2) is 42.7 Å². The Kier molecular flexibility index (Phi) is 4.90. The molecule has 144 valence electrons. The number of nitrogens with zero attached hydrogens (tertiary/aromatic N) is 5. The maximum Gasteiger partial charge on any atom is 0.253 e. The number of aryl methyl sites for hydroxylation is 2. The quantitative estimate of drug-likeness (QED) is 0.700. The number of benzene rings is 1. The Morgan fingerprint density at radius 2 is 2.11 bits per heavy atom. The molecule has 0 aliphatic carbocycles. The minimum absolute atomic E-state index is 0.0465. The largest absolute Gasteiger partial charge is 0.338 e. The fourth-order valence-electron chi connectivity index (χ4n) is 3.68. The molecule has 3 aromatic rings. The molecule has 1 saturated heterocycles. The van der Waals surface area contributed by atoms with E-state index in [1.807, 2.05) is 30.8 Å². The highest BCUT2D eigenvalue weighted by atomic mass is 19.1. The minimum atomic E-state index is -0.402. The van der Waals surface area contributed by atoms with E-state index in [1.54, 1.807) is 23.2 Å². The van der Waals surface area contributed by atoms with Crippen LogP contribution in [0, 0.1) is 12.7 Å². The van der Waals surface area contributed by atoms with Gasteiger partial charge in [-0.3, -0.25) is 4.79 Å². The number of halogens is 1. The molecule has 0 bridgehead atoms. The van der Waals surface area contributed by atoms with Gasteiger partial charge in [0.1, 0.15) is 17.3 Å². The predicted octanol–water partition coefficient (Wildman–Crippen LogP) is 3.34. The van der Waals surface area contributed by atoms with E-state index in [0.29, 0.717) is 18.7 Å². The fraction of sp³-hybridized carbons (Fsp3) is 0.333. The number of rotatable bonds is 3. The van der Waals surface area contributed by atoms with Crippen LogP contribution in [-0.4, -0.2) is 43.4 Å². The smallest absolute Gasteiger partial charge is 0.253 e. The lowest BCUT2D eigenvalue weighted by atomic mass is 9.96. The summed E-state index contributed by atoms with van der Waals surface area (Å²) in [6.45, 7) is 3.12. The molecule has 28 heavy (non-hydrogen) atoms. The molecule has 6 nitrogen and oxygen atoms in total. The van der Waals surface area contributed by atoms with Crippen molar-refractivity contribution < 1.29 is 9.18 Å². The van der Waals surface area contributed by atoms with Gasteiger partial charge in [-0.05, 0) is 44.0 Å². The van der Waals surface area contributed by atoms with Crippen molar-refractivity contribution in [3.05, 3.63) is 65.6 Å². The van der Waals surface area contributed by atoms with Crippen LogP contribution in [0.2, 0.25) is 0 Å². The van der Waals surface area contributed by atoms with Crippen molar-refractivity contribution in [2.24, 2.45) is 7.05 Å². The van der Waals surface area contributed by atoms with Crippen LogP contribution in [0.1, 0.15) is 40.6 Å². The third-order valence-electron chi connectivity index (χ3n) is 5.07. The van der Waals surface area contributed by atoms with Gasteiger partial charge in [0, 0.05) is 49.7 Å². The van der Waals surface area contributed by atoms with Gasteiger partial charge in [-0.2, -0.15) is 0 Å². The zero-order chi connectivity index (χ0) is 19.7. The summed E-state index contributed by atoms with van der Waals surface area (Å²) in [4.78, 5) is 28.3. The van der Waals surface area contributed by atoms with Crippen molar-refractivity contribution in [2.75, 3.05) is 13.1 Å². The van der Waals surface area contributed by atoms with E-state index in [2.05, 4.69) is 9.97 Å². The molecule has 7 heteroatoms. The molecule has 0 N–H and O–H groups in total. The first-order valence-corrected chi connectivity index (χ1v) is 9.39. The molecule has 1 aromatic carbocycles. The van der Waals surface area contributed by atoms with Crippen LogP contribution in [0.3, 0.4) is 0 Å². The Balaban J connectivity index is 1.59. The second-order valence-electron chi connectivity index (χ2n) is 7.22. The van der Waals surface area contributed by atoms with Crippen LogP contribution in [0.4, 0.5) is 4.39 Å². The Hall–Kier alpha value is -3.09. The molecule has 4 rings (SSSR count). The summed E-state index contributed by atoms with van der Waals surface area (Å²) in [5, 5.41) is 0. The van der Waals surface area contributed by atoms with Crippen molar-refractivity contribution in [3.63, 3.8) is 0 Å². The van der Waals surface area contributed by atoms with E-state index in [-0.39, 0.29) is 11.8 Å². The lowest BCUT2D eigenvalue weighted by molar-refractivity contribution is 0.0704. The molecule has 1 atom stereocenters. The van der Waals surface area contributed by atoms with Gasteiger partial charge in [0.15, 0.2) is 5.82 Å². The first kappa shape index (κ1) is 18.3. The van der Waals surface area contributed by atoms with Crippen LogP contribution >= 0.6 is 0 Å². The highest BCUT2D eigenvalue weighted by molar-refractivity contribution is 5.94. The van der Waals surface area contributed by atoms with Gasteiger partial charge in [-0.15, -0.1) is 0 Å². The second kappa shape index (κ2) is 7.50. The summed E-state index contributed by atoms with van der Waals surface area (Å²) in [5.41, 5.74) is 2.03. The fourth-order valence-corrected chi connectivity index (χ4v) is 3.68. The molecule has 1 aliphatic heterocycles. The van der Waals surface area contributed by atoms with Crippen LogP contribution < -0.4 is 0 Å². The Morgan fingerprint density at radius 1 is 1.25 bits per heavy atom. The number of hydrogen-bond acceptors (Lipinski definition) is 4. The molecule has 0 radical (unpaired) electrons.